The zero-order chi connectivity index (χ0) is 21.5. The summed E-state index contributed by atoms with van der Waals surface area (Å²) in [5.74, 6) is 0.251. The smallest absolute Gasteiger partial charge is 0.281 e. The van der Waals surface area contributed by atoms with Gasteiger partial charge in [0.25, 0.3) is 12.3 Å². The van der Waals surface area contributed by atoms with Crippen molar-refractivity contribution in [2.45, 2.75) is 19.3 Å². The maximum atomic E-state index is 13.0. The molecule has 4 aromatic rings. The molecular formula is C19H18F2N8OS. The molecular weight excluding hydrogens is 426 g/mol. The molecule has 5 rings (SSSR count). The molecule has 0 aliphatic carbocycles. The van der Waals surface area contributed by atoms with Crippen LogP contribution in [0.15, 0.2) is 29.9 Å². The summed E-state index contributed by atoms with van der Waals surface area (Å²) in [6, 6.07) is 3.46. The molecule has 0 unspecified atom stereocenters. The van der Waals surface area contributed by atoms with Gasteiger partial charge in [0, 0.05) is 43.5 Å². The topological polar surface area (TPSA) is 93.2 Å². The van der Waals surface area contributed by atoms with E-state index in [1.807, 2.05) is 0 Å². The second-order valence-electron chi connectivity index (χ2n) is 7.19. The number of carbonyl (C=O) groups excluding carboxylic acids is 1. The molecule has 1 aliphatic heterocycles. The molecule has 1 amide bonds. The zero-order valence-corrected chi connectivity index (χ0v) is 17.3. The number of rotatable bonds is 5. The SMILES string of the molecule is Cn1ncc(-c2nc(C(F)F)cs2)c1C(=O)Nc1ccn2nc(N3CCCC3)nc2c1. The summed E-state index contributed by atoms with van der Waals surface area (Å²) in [7, 11) is 1.62. The second kappa shape index (κ2) is 7.69. The monoisotopic (exact) mass is 444 g/mol. The number of carbonyl (C=O) groups is 1. The standard InChI is InChI=1S/C19H18F2N8OS/c1-27-15(12(9-22-27)18-24-13(10-31-18)16(20)21)17(30)23-11-4-7-29-14(8-11)25-19(26-29)28-5-2-3-6-28/h4,7-10,16H,2-3,5-6H2,1H3,(H,23,30). The maximum Gasteiger partial charge on any atom is 0.281 e. The van der Waals surface area contributed by atoms with Gasteiger partial charge in [-0.3, -0.25) is 9.48 Å². The van der Waals surface area contributed by atoms with Crippen molar-refractivity contribution in [2.24, 2.45) is 7.05 Å². The molecule has 0 bridgehead atoms. The highest BCUT2D eigenvalue weighted by Gasteiger charge is 2.23. The zero-order valence-electron chi connectivity index (χ0n) is 16.5. The fourth-order valence-corrected chi connectivity index (χ4v) is 4.38. The lowest BCUT2D eigenvalue weighted by molar-refractivity contribution is 0.101. The van der Waals surface area contributed by atoms with Gasteiger partial charge >= 0.3 is 0 Å². The molecule has 31 heavy (non-hydrogen) atoms. The fraction of sp³-hybridized carbons (Fsp3) is 0.316. The molecule has 0 radical (unpaired) electrons. The number of aryl methyl sites for hydroxylation is 1. The number of thiazole rings is 1. The molecule has 0 atom stereocenters. The highest BCUT2D eigenvalue weighted by atomic mass is 32.1. The normalized spacial score (nSPS) is 14.1. The highest BCUT2D eigenvalue weighted by Crippen LogP contribution is 2.30. The molecule has 1 aliphatic rings. The van der Waals surface area contributed by atoms with E-state index in [1.165, 1.54) is 16.3 Å². The molecule has 0 spiro atoms. The minimum absolute atomic E-state index is 0.231. The number of nitrogens with zero attached hydrogens (tertiary/aromatic N) is 7. The average Bonchev–Trinajstić information content (AvgIpc) is 3.51. The van der Waals surface area contributed by atoms with Gasteiger partial charge in [0.1, 0.15) is 16.4 Å². The third-order valence-electron chi connectivity index (χ3n) is 5.10. The summed E-state index contributed by atoms with van der Waals surface area (Å²) in [5.41, 5.74) is 1.47. The van der Waals surface area contributed by atoms with E-state index in [0.717, 1.165) is 37.3 Å². The molecule has 4 aromatic heterocycles. The third-order valence-corrected chi connectivity index (χ3v) is 6.00. The molecule has 160 valence electrons. The molecule has 1 saturated heterocycles. The van der Waals surface area contributed by atoms with E-state index < -0.39 is 12.3 Å². The lowest BCUT2D eigenvalue weighted by atomic mass is 10.2. The minimum atomic E-state index is -2.67. The largest absolute Gasteiger partial charge is 0.340 e. The summed E-state index contributed by atoms with van der Waals surface area (Å²) in [6.45, 7) is 1.88. The Morgan fingerprint density at radius 2 is 2.06 bits per heavy atom. The Balaban J connectivity index is 1.41. The van der Waals surface area contributed by atoms with Crippen molar-refractivity contribution in [1.82, 2.24) is 29.4 Å². The molecule has 12 heteroatoms. The second-order valence-corrected chi connectivity index (χ2v) is 8.05. The van der Waals surface area contributed by atoms with Gasteiger partial charge in [-0.1, -0.05) is 0 Å². The molecule has 1 fully saturated rings. The van der Waals surface area contributed by atoms with Gasteiger partial charge in [-0.15, -0.1) is 16.4 Å². The van der Waals surface area contributed by atoms with Crippen LogP contribution in [0, 0.1) is 0 Å². The lowest BCUT2D eigenvalue weighted by Crippen LogP contribution is -2.19. The molecule has 1 N–H and O–H groups in total. The summed E-state index contributed by atoms with van der Waals surface area (Å²) >= 11 is 1.05. The van der Waals surface area contributed by atoms with Gasteiger partial charge in [0.2, 0.25) is 5.95 Å². The van der Waals surface area contributed by atoms with Crippen molar-refractivity contribution in [3.8, 4) is 10.6 Å². The van der Waals surface area contributed by atoms with E-state index in [4.69, 9.17) is 0 Å². The molecule has 9 nitrogen and oxygen atoms in total. The van der Waals surface area contributed by atoms with E-state index in [-0.39, 0.29) is 11.4 Å². The van der Waals surface area contributed by atoms with Gasteiger partial charge in [-0.05, 0) is 18.9 Å². The molecule has 0 saturated carbocycles. The van der Waals surface area contributed by atoms with Gasteiger partial charge in [-0.25, -0.2) is 18.3 Å². The summed E-state index contributed by atoms with van der Waals surface area (Å²) < 4.78 is 28.9. The van der Waals surface area contributed by atoms with Crippen molar-refractivity contribution in [3.63, 3.8) is 0 Å². The number of anilines is 2. The van der Waals surface area contributed by atoms with E-state index >= 15 is 0 Å². The number of amides is 1. The van der Waals surface area contributed by atoms with Gasteiger partial charge in [-0.2, -0.15) is 10.1 Å². The fourth-order valence-electron chi connectivity index (χ4n) is 3.56. The highest BCUT2D eigenvalue weighted by molar-refractivity contribution is 7.13. The van der Waals surface area contributed by atoms with Crippen LogP contribution in [0.4, 0.5) is 20.4 Å². The van der Waals surface area contributed by atoms with E-state index in [0.29, 0.717) is 27.9 Å². The Morgan fingerprint density at radius 1 is 1.26 bits per heavy atom. The van der Waals surface area contributed by atoms with Crippen molar-refractivity contribution < 1.29 is 13.6 Å². The third kappa shape index (κ3) is 3.63. The molecule has 5 heterocycles. The van der Waals surface area contributed by atoms with Crippen LogP contribution in [0.25, 0.3) is 16.2 Å². The van der Waals surface area contributed by atoms with E-state index in [2.05, 4.69) is 30.4 Å². The maximum absolute atomic E-state index is 13.0. The van der Waals surface area contributed by atoms with Crippen molar-refractivity contribution in [3.05, 3.63) is 41.3 Å². The Kier molecular flexibility index (Phi) is 4.85. The predicted octanol–water partition coefficient (Wildman–Crippen LogP) is 3.38. The van der Waals surface area contributed by atoms with Crippen molar-refractivity contribution in [2.75, 3.05) is 23.3 Å². The lowest BCUT2D eigenvalue weighted by Gasteiger charge is -2.10. The number of hydrogen-bond acceptors (Lipinski definition) is 7. The number of nitrogens with one attached hydrogen (secondary N) is 1. The van der Waals surface area contributed by atoms with Crippen LogP contribution >= 0.6 is 11.3 Å². The number of hydrogen-bond donors (Lipinski definition) is 1. The molecule has 0 aromatic carbocycles. The first-order valence-corrected chi connectivity index (χ1v) is 10.6. The summed E-state index contributed by atoms with van der Waals surface area (Å²) in [5, 5.41) is 13.0. The number of fused-ring (bicyclic) bond motifs is 1. The van der Waals surface area contributed by atoms with Crippen LogP contribution in [0.1, 0.15) is 35.4 Å². The van der Waals surface area contributed by atoms with E-state index in [1.54, 1.807) is 29.9 Å². The van der Waals surface area contributed by atoms with Crippen LogP contribution in [-0.4, -0.2) is 48.4 Å². The number of aromatic nitrogens is 6. The predicted molar refractivity (Wildman–Crippen MR) is 112 cm³/mol. The Morgan fingerprint density at radius 3 is 2.81 bits per heavy atom. The van der Waals surface area contributed by atoms with Gasteiger partial charge in [0.15, 0.2) is 5.65 Å². The Labute approximate surface area is 179 Å². The first-order chi connectivity index (χ1) is 15.0. The Bertz CT molecular complexity index is 1260. The number of pyridine rings is 1. The van der Waals surface area contributed by atoms with Crippen LogP contribution in [0.2, 0.25) is 0 Å². The quantitative estimate of drug-likeness (QED) is 0.507. The number of alkyl halides is 2. The minimum Gasteiger partial charge on any atom is -0.340 e. The average molecular weight is 444 g/mol. The van der Waals surface area contributed by atoms with E-state index in [9.17, 15) is 13.6 Å². The van der Waals surface area contributed by atoms with Gasteiger partial charge < -0.3 is 10.2 Å². The van der Waals surface area contributed by atoms with Crippen LogP contribution in [0.5, 0.6) is 0 Å². The van der Waals surface area contributed by atoms with Crippen LogP contribution in [0.3, 0.4) is 0 Å². The number of halogens is 2. The van der Waals surface area contributed by atoms with Crippen LogP contribution < -0.4 is 10.2 Å². The first kappa shape index (κ1) is 19.5. The van der Waals surface area contributed by atoms with Gasteiger partial charge in [0.05, 0.1) is 11.8 Å². The Hall–Kier alpha value is -3.41. The summed E-state index contributed by atoms with van der Waals surface area (Å²) in [4.78, 5) is 23.6. The first-order valence-electron chi connectivity index (χ1n) is 9.68. The summed E-state index contributed by atoms with van der Waals surface area (Å²) in [6.07, 6.45) is 2.77. The van der Waals surface area contributed by atoms with Crippen molar-refractivity contribution in [1.29, 1.82) is 0 Å². The van der Waals surface area contributed by atoms with Crippen LogP contribution in [-0.2, 0) is 7.05 Å². The van der Waals surface area contributed by atoms with Crippen molar-refractivity contribution >= 4 is 34.5 Å².